The van der Waals surface area contributed by atoms with Crippen molar-refractivity contribution in [2.75, 3.05) is 18.5 Å². The van der Waals surface area contributed by atoms with E-state index in [4.69, 9.17) is 21.1 Å². The Morgan fingerprint density at radius 2 is 1.95 bits per heavy atom. The molecule has 1 spiro atoms. The number of urea groups is 1. The van der Waals surface area contributed by atoms with Gasteiger partial charge in [-0.2, -0.15) is 0 Å². The van der Waals surface area contributed by atoms with Crippen LogP contribution < -0.4 is 10.6 Å². The molecule has 2 N–H and O–H groups in total. The van der Waals surface area contributed by atoms with E-state index in [9.17, 15) is 4.79 Å². The molecule has 1 aromatic rings. The molecule has 114 valence electrons. The monoisotopic (exact) mass is 310 g/mol. The van der Waals surface area contributed by atoms with E-state index in [0.29, 0.717) is 23.9 Å². The van der Waals surface area contributed by atoms with Crippen molar-refractivity contribution in [3.63, 3.8) is 0 Å². The minimum absolute atomic E-state index is 0.155. The normalized spacial score (nSPS) is 21.4. The standard InChI is InChI=1S/C15H19ClN2O3/c16-11-2-1-3-13(10-11)18-14(19)17-12-4-6-15(7-5-12)20-8-9-21-15/h1-3,10,12H,4-9H2,(H2,17,18,19). The summed E-state index contributed by atoms with van der Waals surface area (Å²) in [5.41, 5.74) is 0.690. The second-order valence-electron chi connectivity index (χ2n) is 5.49. The summed E-state index contributed by atoms with van der Waals surface area (Å²) in [5.74, 6) is -0.387. The van der Waals surface area contributed by atoms with Gasteiger partial charge in [0.05, 0.1) is 13.2 Å². The Hall–Kier alpha value is -1.30. The lowest BCUT2D eigenvalue weighted by atomic mass is 9.90. The van der Waals surface area contributed by atoms with E-state index in [2.05, 4.69) is 10.6 Å². The van der Waals surface area contributed by atoms with Gasteiger partial charge in [-0.25, -0.2) is 4.79 Å². The van der Waals surface area contributed by atoms with Crippen LogP contribution in [0.1, 0.15) is 25.7 Å². The minimum atomic E-state index is -0.387. The lowest BCUT2D eigenvalue weighted by Crippen LogP contribution is -2.45. The van der Waals surface area contributed by atoms with E-state index in [1.807, 2.05) is 6.07 Å². The van der Waals surface area contributed by atoms with Crippen molar-refractivity contribution < 1.29 is 14.3 Å². The Kier molecular flexibility index (Phi) is 4.33. The SMILES string of the molecule is O=C(Nc1cccc(Cl)c1)NC1CCC2(CC1)OCCO2. The fraction of sp³-hybridized carbons (Fsp3) is 0.533. The molecule has 1 aliphatic heterocycles. The smallest absolute Gasteiger partial charge is 0.319 e. The summed E-state index contributed by atoms with van der Waals surface area (Å²) in [4.78, 5) is 12.0. The number of halogens is 1. The molecule has 1 aromatic carbocycles. The molecule has 2 amide bonds. The molecule has 1 aliphatic carbocycles. The summed E-state index contributed by atoms with van der Waals surface area (Å²) in [7, 11) is 0. The predicted octanol–water partition coefficient (Wildman–Crippen LogP) is 3.15. The number of nitrogens with one attached hydrogen (secondary N) is 2. The number of carbonyl (C=O) groups excluding carboxylic acids is 1. The number of hydrogen-bond acceptors (Lipinski definition) is 3. The Morgan fingerprint density at radius 3 is 2.62 bits per heavy atom. The lowest BCUT2D eigenvalue weighted by molar-refractivity contribution is -0.179. The van der Waals surface area contributed by atoms with Crippen molar-refractivity contribution >= 4 is 23.3 Å². The van der Waals surface area contributed by atoms with Crippen molar-refractivity contribution in [2.24, 2.45) is 0 Å². The molecule has 0 unspecified atom stereocenters. The molecular weight excluding hydrogens is 292 g/mol. The van der Waals surface area contributed by atoms with E-state index in [1.165, 1.54) is 0 Å². The second-order valence-corrected chi connectivity index (χ2v) is 5.93. The molecule has 2 aliphatic rings. The lowest BCUT2D eigenvalue weighted by Gasteiger charge is -2.35. The molecule has 5 nitrogen and oxygen atoms in total. The highest BCUT2D eigenvalue weighted by Crippen LogP contribution is 2.35. The number of hydrogen-bond donors (Lipinski definition) is 2. The summed E-state index contributed by atoms with van der Waals surface area (Å²) in [5, 5.41) is 6.38. The molecule has 0 atom stereocenters. The van der Waals surface area contributed by atoms with Crippen molar-refractivity contribution in [1.82, 2.24) is 5.32 Å². The largest absolute Gasteiger partial charge is 0.348 e. The number of amides is 2. The van der Waals surface area contributed by atoms with Crippen LogP contribution >= 0.6 is 11.6 Å². The van der Waals surface area contributed by atoms with Gasteiger partial charge in [0.25, 0.3) is 0 Å². The van der Waals surface area contributed by atoms with E-state index in [1.54, 1.807) is 18.2 Å². The third-order valence-corrected chi connectivity index (χ3v) is 4.21. The Morgan fingerprint density at radius 1 is 1.24 bits per heavy atom. The molecule has 2 fully saturated rings. The van der Waals surface area contributed by atoms with Gasteiger partial charge in [0.15, 0.2) is 5.79 Å². The zero-order chi connectivity index (χ0) is 14.7. The molecule has 1 saturated heterocycles. The van der Waals surface area contributed by atoms with E-state index in [-0.39, 0.29) is 17.9 Å². The van der Waals surface area contributed by atoms with Gasteiger partial charge in [0, 0.05) is 29.6 Å². The third-order valence-electron chi connectivity index (χ3n) is 3.98. The summed E-state index contributed by atoms with van der Waals surface area (Å²) in [6.07, 6.45) is 3.39. The van der Waals surface area contributed by atoms with E-state index in [0.717, 1.165) is 25.7 Å². The van der Waals surface area contributed by atoms with Crippen molar-refractivity contribution in [3.05, 3.63) is 29.3 Å². The topological polar surface area (TPSA) is 59.6 Å². The van der Waals surface area contributed by atoms with Gasteiger partial charge < -0.3 is 20.1 Å². The van der Waals surface area contributed by atoms with Gasteiger partial charge in [-0.1, -0.05) is 17.7 Å². The van der Waals surface area contributed by atoms with Crippen molar-refractivity contribution in [1.29, 1.82) is 0 Å². The Labute approximate surface area is 128 Å². The first-order valence-electron chi connectivity index (χ1n) is 7.26. The summed E-state index contributed by atoms with van der Waals surface area (Å²) in [6, 6.07) is 7.05. The van der Waals surface area contributed by atoms with Gasteiger partial charge >= 0.3 is 6.03 Å². The van der Waals surface area contributed by atoms with Crippen molar-refractivity contribution in [3.8, 4) is 0 Å². The molecule has 6 heteroatoms. The van der Waals surface area contributed by atoms with Crippen LogP contribution in [0, 0.1) is 0 Å². The van der Waals surface area contributed by atoms with Gasteiger partial charge in [-0.05, 0) is 31.0 Å². The van der Waals surface area contributed by atoms with Crippen LogP contribution in [-0.2, 0) is 9.47 Å². The highest BCUT2D eigenvalue weighted by molar-refractivity contribution is 6.30. The van der Waals surface area contributed by atoms with Crippen LogP contribution in [0.2, 0.25) is 5.02 Å². The summed E-state index contributed by atoms with van der Waals surface area (Å²) in [6.45, 7) is 1.35. The average Bonchev–Trinajstić information content (AvgIpc) is 2.90. The number of rotatable bonds is 2. The van der Waals surface area contributed by atoms with Gasteiger partial charge in [0.2, 0.25) is 0 Å². The first-order valence-corrected chi connectivity index (χ1v) is 7.64. The predicted molar refractivity (Wildman–Crippen MR) is 80.5 cm³/mol. The molecule has 21 heavy (non-hydrogen) atoms. The Bertz CT molecular complexity index is 507. The molecule has 0 radical (unpaired) electrons. The molecule has 3 rings (SSSR count). The highest BCUT2D eigenvalue weighted by Gasteiger charge is 2.40. The van der Waals surface area contributed by atoms with Crippen LogP contribution in [-0.4, -0.2) is 31.1 Å². The zero-order valence-corrected chi connectivity index (χ0v) is 12.5. The average molecular weight is 311 g/mol. The third kappa shape index (κ3) is 3.67. The fourth-order valence-corrected chi connectivity index (χ4v) is 3.10. The molecule has 0 bridgehead atoms. The Balaban J connectivity index is 1.47. The second kappa shape index (κ2) is 6.22. The summed E-state index contributed by atoms with van der Waals surface area (Å²) < 4.78 is 11.4. The molecular formula is C15H19ClN2O3. The summed E-state index contributed by atoms with van der Waals surface area (Å²) >= 11 is 5.89. The highest BCUT2D eigenvalue weighted by atomic mass is 35.5. The van der Waals surface area contributed by atoms with E-state index < -0.39 is 0 Å². The fourth-order valence-electron chi connectivity index (χ4n) is 2.91. The molecule has 1 saturated carbocycles. The maximum atomic E-state index is 12.0. The van der Waals surface area contributed by atoms with Crippen LogP contribution in [0.25, 0.3) is 0 Å². The maximum Gasteiger partial charge on any atom is 0.319 e. The first kappa shape index (κ1) is 14.6. The molecule has 1 heterocycles. The van der Waals surface area contributed by atoms with Crippen LogP contribution in [0.5, 0.6) is 0 Å². The number of benzene rings is 1. The zero-order valence-electron chi connectivity index (χ0n) is 11.7. The number of anilines is 1. The number of ether oxygens (including phenoxy) is 2. The quantitative estimate of drug-likeness (QED) is 0.882. The van der Waals surface area contributed by atoms with Crippen LogP contribution in [0.4, 0.5) is 10.5 Å². The van der Waals surface area contributed by atoms with Crippen LogP contribution in [0.15, 0.2) is 24.3 Å². The minimum Gasteiger partial charge on any atom is -0.348 e. The van der Waals surface area contributed by atoms with Gasteiger partial charge in [0.1, 0.15) is 0 Å². The van der Waals surface area contributed by atoms with Gasteiger partial charge in [-0.15, -0.1) is 0 Å². The van der Waals surface area contributed by atoms with E-state index >= 15 is 0 Å². The van der Waals surface area contributed by atoms with Crippen LogP contribution in [0.3, 0.4) is 0 Å². The van der Waals surface area contributed by atoms with Gasteiger partial charge in [-0.3, -0.25) is 0 Å². The maximum absolute atomic E-state index is 12.0. The molecule has 0 aromatic heterocycles. The first-order chi connectivity index (χ1) is 10.2. The van der Waals surface area contributed by atoms with Crippen molar-refractivity contribution in [2.45, 2.75) is 37.5 Å². The number of carbonyl (C=O) groups is 1.